The van der Waals surface area contributed by atoms with Crippen LogP contribution in [0.1, 0.15) is 72.6 Å². The fourth-order valence-electron chi connectivity index (χ4n) is 2.60. The molecule has 0 aliphatic heterocycles. The van der Waals surface area contributed by atoms with Gasteiger partial charge >= 0.3 is 8.80 Å². The van der Waals surface area contributed by atoms with Gasteiger partial charge in [0, 0.05) is 38.0 Å². The van der Waals surface area contributed by atoms with Gasteiger partial charge in [-0.1, -0.05) is 44.4 Å². The van der Waals surface area contributed by atoms with Crippen molar-refractivity contribution in [1.82, 2.24) is 0 Å². The predicted octanol–water partition coefficient (Wildman–Crippen LogP) is 5.06. The van der Waals surface area contributed by atoms with Crippen LogP contribution in [0.4, 0.5) is 0 Å². The van der Waals surface area contributed by atoms with E-state index in [1.165, 1.54) is 37.4 Å². The van der Waals surface area contributed by atoms with Crippen LogP contribution in [0.15, 0.2) is 0 Å². The first-order valence-electron chi connectivity index (χ1n) is 10.3. The minimum atomic E-state index is -2.66. The van der Waals surface area contributed by atoms with Crippen molar-refractivity contribution in [2.45, 2.75) is 78.7 Å². The fraction of sp³-hybridized carbons (Fsp3) is 0.947. The van der Waals surface area contributed by atoms with Crippen molar-refractivity contribution in [3.8, 4) is 0 Å². The lowest BCUT2D eigenvalue weighted by atomic mass is 10.1. The smallest absolute Gasteiger partial charge is 0.379 e. The highest BCUT2D eigenvalue weighted by Crippen LogP contribution is 2.21. The summed E-state index contributed by atoms with van der Waals surface area (Å²) in [6.07, 6.45) is 7.49. The SMILES string of the molecule is CCCCCCCC(=O)SCCC[Si](OCC)(OCC)OCCOCC. The highest BCUT2D eigenvalue weighted by molar-refractivity contribution is 8.13. The van der Waals surface area contributed by atoms with Crippen LogP contribution in [-0.4, -0.2) is 52.7 Å². The molecule has 0 amide bonds. The first-order chi connectivity index (χ1) is 12.6. The zero-order valence-corrected chi connectivity index (χ0v) is 19.2. The molecule has 0 saturated carbocycles. The summed E-state index contributed by atoms with van der Waals surface area (Å²) in [5.74, 6) is 0.803. The molecule has 0 radical (unpaired) electrons. The van der Waals surface area contributed by atoms with Crippen molar-refractivity contribution in [3.63, 3.8) is 0 Å². The van der Waals surface area contributed by atoms with Crippen molar-refractivity contribution in [2.75, 3.05) is 38.8 Å². The standard InChI is InChI=1S/C19H40O5SSi/c1-5-9-10-11-12-14-19(20)25-17-13-18-26(22-7-3,23-8-4)24-16-15-21-6-2/h5-18H2,1-4H3. The molecule has 0 saturated heterocycles. The van der Waals surface area contributed by atoms with Gasteiger partial charge in [0.2, 0.25) is 0 Å². The van der Waals surface area contributed by atoms with E-state index in [1.54, 1.807) is 0 Å². The van der Waals surface area contributed by atoms with Crippen LogP contribution >= 0.6 is 11.8 Å². The molecule has 0 rings (SSSR count). The van der Waals surface area contributed by atoms with E-state index in [4.69, 9.17) is 18.0 Å². The summed E-state index contributed by atoms with van der Waals surface area (Å²) in [6, 6.07) is 0.748. The number of thioether (sulfide) groups is 1. The Morgan fingerprint density at radius 2 is 1.50 bits per heavy atom. The van der Waals surface area contributed by atoms with Gasteiger partial charge in [-0.25, -0.2) is 0 Å². The van der Waals surface area contributed by atoms with Crippen molar-refractivity contribution in [2.24, 2.45) is 0 Å². The second-order valence-corrected chi connectivity index (χ2v) is 9.97. The van der Waals surface area contributed by atoms with E-state index in [9.17, 15) is 4.79 Å². The summed E-state index contributed by atoms with van der Waals surface area (Å²) in [7, 11) is -2.66. The Labute approximate surface area is 166 Å². The maximum atomic E-state index is 12.0. The van der Waals surface area contributed by atoms with Gasteiger partial charge in [0.25, 0.3) is 0 Å². The molecule has 0 aliphatic rings. The molecule has 26 heavy (non-hydrogen) atoms. The summed E-state index contributed by atoms with van der Waals surface area (Å²) < 4.78 is 23.1. The largest absolute Gasteiger partial charge is 0.501 e. The third kappa shape index (κ3) is 14.2. The van der Waals surface area contributed by atoms with E-state index in [0.29, 0.717) is 44.6 Å². The predicted molar refractivity (Wildman–Crippen MR) is 112 cm³/mol. The molecule has 5 nitrogen and oxygen atoms in total. The Morgan fingerprint density at radius 1 is 0.808 bits per heavy atom. The van der Waals surface area contributed by atoms with E-state index in [1.807, 2.05) is 20.8 Å². The third-order valence-corrected chi connectivity index (χ3v) is 7.94. The van der Waals surface area contributed by atoms with Crippen LogP contribution in [0.5, 0.6) is 0 Å². The minimum absolute atomic E-state index is 0.304. The Bertz CT molecular complexity index is 325. The van der Waals surface area contributed by atoms with Gasteiger partial charge in [-0.3, -0.25) is 4.79 Å². The Hall–Kier alpha value is 0.0769. The summed E-state index contributed by atoms with van der Waals surface area (Å²) in [5.41, 5.74) is 0. The average Bonchev–Trinajstić information content (AvgIpc) is 2.63. The second kappa shape index (κ2) is 18.4. The zero-order valence-electron chi connectivity index (χ0n) is 17.3. The monoisotopic (exact) mass is 408 g/mol. The minimum Gasteiger partial charge on any atom is -0.379 e. The number of hydrogen-bond donors (Lipinski definition) is 0. The summed E-state index contributed by atoms with van der Waals surface area (Å²) >= 11 is 1.44. The lowest BCUT2D eigenvalue weighted by molar-refractivity contribution is -0.111. The molecule has 156 valence electrons. The molecule has 0 atom stereocenters. The van der Waals surface area contributed by atoms with Gasteiger partial charge in [0.1, 0.15) is 0 Å². The van der Waals surface area contributed by atoms with Gasteiger partial charge in [-0.05, 0) is 33.6 Å². The number of rotatable bonds is 19. The zero-order chi connectivity index (χ0) is 19.5. The second-order valence-electron chi connectivity index (χ2n) is 6.08. The van der Waals surface area contributed by atoms with Crippen molar-refractivity contribution in [3.05, 3.63) is 0 Å². The van der Waals surface area contributed by atoms with Crippen molar-refractivity contribution >= 4 is 25.7 Å². The third-order valence-electron chi connectivity index (χ3n) is 3.86. The van der Waals surface area contributed by atoms with Crippen LogP contribution in [0.25, 0.3) is 0 Å². The van der Waals surface area contributed by atoms with Crippen LogP contribution in [0.2, 0.25) is 6.04 Å². The van der Waals surface area contributed by atoms with E-state index in [2.05, 4.69) is 6.92 Å². The van der Waals surface area contributed by atoms with E-state index >= 15 is 0 Å². The molecule has 0 aromatic carbocycles. The number of ether oxygens (including phenoxy) is 1. The molecule has 0 fully saturated rings. The molecule has 0 spiro atoms. The normalized spacial score (nSPS) is 11.8. The average molecular weight is 409 g/mol. The lowest BCUT2D eigenvalue weighted by Crippen LogP contribution is -2.46. The first-order valence-corrected chi connectivity index (χ1v) is 13.2. The quantitative estimate of drug-likeness (QED) is 0.220. The van der Waals surface area contributed by atoms with Gasteiger partial charge in [0.05, 0.1) is 13.2 Å². The maximum absolute atomic E-state index is 12.0. The Kier molecular flexibility index (Phi) is 18.5. The number of unbranched alkanes of at least 4 members (excludes halogenated alkanes) is 4. The number of carbonyl (C=O) groups excluding carboxylic acids is 1. The van der Waals surface area contributed by atoms with Gasteiger partial charge in [-0.15, -0.1) is 0 Å². The van der Waals surface area contributed by atoms with E-state index in [0.717, 1.165) is 24.6 Å². The molecule has 0 heterocycles. The molecule has 0 aromatic rings. The lowest BCUT2D eigenvalue weighted by Gasteiger charge is -2.28. The molecule has 0 unspecified atom stereocenters. The van der Waals surface area contributed by atoms with Crippen LogP contribution in [0.3, 0.4) is 0 Å². The van der Waals surface area contributed by atoms with Gasteiger partial charge in [-0.2, -0.15) is 0 Å². The summed E-state index contributed by atoms with van der Waals surface area (Å²) in [4.78, 5) is 12.0. The van der Waals surface area contributed by atoms with Crippen LogP contribution < -0.4 is 0 Å². The van der Waals surface area contributed by atoms with Crippen LogP contribution in [0, 0.1) is 0 Å². The van der Waals surface area contributed by atoms with Gasteiger partial charge in [0.15, 0.2) is 5.12 Å². The van der Waals surface area contributed by atoms with E-state index < -0.39 is 8.80 Å². The van der Waals surface area contributed by atoms with E-state index in [-0.39, 0.29) is 0 Å². The molecular formula is C19H40O5SSi. The molecule has 0 N–H and O–H groups in total. The molecule has 0 bridgehead atoms. The molecule has 7 heteroatoms. The topological polar surface area (TPSA) is 54.0 Å². The highest BCUT2D eigenvalue weighted by Gasteiger charge is 2.40. The fourth-order valence-corrected chi connectivity index (χ4v) is 6.23. The van der Waals surface area contributed by atoms with Crippen LogP contribution in [-0.2, 0) is 22.8 Å². The molecule has 0 aliphatic carbocycles. The Balaban J connectivity index is 4.11. The molecular weight excluding hydrogens is 368 g/mol. The highest BCUT2D eigenvalue weighted by atomic mass is 32.2. The summed E-state index contributed by atoms with van der Waals surface area (Å²) in [5, 5.41) is 0.304. The molecule has 0 aromatic heterocycles. The van der Waals surface area contributed by atoms with Crippen molar-refractivity contribution in [1.29, 1.82) is 0 Å². The number of carbonyl (C=O) groups is 1. The van der Waals surface area contributed by atoms with Crippen molar-refractivity contribution < 1.29 is 22.8 Å². The Morgan fingerprint density at radius 3 is 2.12 bits per heavy atom. The van der Waals surface area contributed by atoms with Gasteiger partial charge < -0.3 is 18.0 Å². The number of hydrogen-bond acceptors (Lipinski definition) is 6. The first kappa shape index (κ1) is 26.1. The summed E-state index contributed by atoms with van der Waals surface area (Å²) in [6.45, 7) is 11.0. The maximum Gasteiger partial charge on any atom is 0.501 e.